The minimum Gasteiger partial charge on any atom is -0.478 e. The molecule has 0 bridgehead atoms. The van der Waals surface area contributed by atoms with Gasteiger partial charge in [0.1, 0.15) is 0 Å². The topological polar surface area (TPSA) is 57.6 Å². The van der Waals surface area contributed by atoms with E-state index in [0.717, 1.165) is 22.4 Å². The van der Waals surface area contributed by atoms with Crippen LogP contribution in [0.2, 0.25) is 0 Å². The van der Waals surface area contributed by atoms with Gasteiger partial charge in [-0.1, -0.05) is 30.3 Å². The second-order valence-corrected chi connectivity index (χ2v) is 5.66. The summed E-state index contributed by atoms with van der Waals surface area (Å²) in [7, 11) is 1.87. The van der Waals surface area contributed by atoms with E-state index in [4.69, 9.17) is 5.11 Å². The van der Waals surface area contributed by atoms with Crippen molar-refractivity contribution >= 4 is 17.4 Å². The summed E-state index contributed by atoms with van der Waals surface area (Å²) in [5.41, 5.74) is 3.76. The highest BCUT2D eigenvalue weighted by atomic mass is 16.4. The molecule has 0 aromatic heterocycles. The molecule has 3 rings (SSSR count). The van der Waals surface area contributed by atoms with E-state index in [1.807, 2.05) is 54.6 Å². The Morgan fingerprint density at radius 3 is 2.50 bits per heavy atom. The number of anilines is 1. The van der Waals surface area contributed by atoms with E-state index in [-0.39, 0.29) is 11.3 Å². The molecule has 2 aromatic carbocycles. The van der Waals surface area contributed by atoms with Gasteiger partial charge >= 0.3 is 5.97 Å². The smallest absolute Gasteiger partial charge is 0.335 e. The maximum Gasteiger partial charge on any atom is 0.335 e. The van der Waals surface area contributed by atoms with Crippen LogP contribution in [0.3, 0.4) is 0 Å². The number of hydrogen-bond acceptors (Lipinski definition) is 3. The minimum atomic E-state index is -0.941. The average Bonchev–Trinajstić information content (AvgIpc) is 2.91. The summed E-state index contributed by atoms with van der Waals surface area (Å²) in [4.78, 5) is 25.0. The normalized spacial score (nSPS) is 15.0. The molecule has 2 aromatic rings. The van der Waals surface area contributed by atoms with Gasteiger partial charge in [0.15, 0.2) is 5.78 Å². The van der Waals surface area contributed by atoms with E-state index < -0.39 is 5.97 Å². The zero-order chi connectivity index (χ0) is 17.1. The van der Waals surface area contributed by atoms with Gasteiger partial charge in [-0.15, -0.1) is 0 Å². The van der Waals surface area contributed by atoms with Gasteiger partial charge in [0.25, 0.3) is 0 Å². The summed E-state index contributed by atoms with van der Waals surface area (Å²) in [6, 6.07) is 14.3. The van der Waals surface area contributed by atoms with Gasteiger partial charge < -0.3 is 10.0 Å². The van der Waals surface area contributed by atoms with E-state index in [0.29, 0.717) is 6.42 Å². The molecule has 0 heterocycles. The molecule has 0 atom stereocenters. The largest absolute Gasteiger partial charge is 0.478 e. The van der Waals surface area contributed by atoms with E-state index in [9.17, 15) is 9.59 Å². The van der Waals surface area contributed by atoms with Crippen LogP contribution in [0.1, 0.15) is 26.3 Å². The lowest BCUT2D eigenvalue weighted by Gasteiger charge is -2.13. The van der Waals surface area contributed by atoms with Crippen LogP contribution in [0, 0.1) is 0 Å². The summed E-state index contributed by atoms with van der Waals surface area (Å²) in [5.74, 6) is -0.854. The van der Waals surface area contributed by atoms with Crippen molar-refractivity contribution < 1.29 is 14.7 Å². The second kappa shape index (κ2) is 6.54. The fraction of sp³-hybridized carbons (Fsp3) is 0.100. The Labute approximate surface area is 140 Å². The Balaban J connectivity index is 1.70. The highest BCUT2D eigenvalue weighted by molar-refractivity contribution is 6.13. The number of Topliss-reactive ketones (excluding diaryl/α,β-unsaturated/α-hetero) is 1. The predicted molar refractivity (Wildman–Crippen MR) is 93.5 cm³/mol. The van der Waals surface area contributed by atoms with Crippen LogP contribution in [0.25, 0.3) is 0 Å². The summed E-state index contributed by atoms with van der Waals surface area (Å²) in [6.07, 6.45) is 6.18. The van der Waals surface area contributed by atoms with Crippen molar-refractivity contribution in [2.45, 2.75) is 6.42 Å². The lowest BCUT2D eigenvalue weighted by molar-refractivity contribution is 0.0696. The minimum absolute atomic E-state index is 0.0868. The van der Waals surface area contributed by atoms with Crippen LogP contribution in [0.5, 0.6) is 0 Å². The molecule has 0 radical (unpaired) electrons. The highest BCUT2D eigenvalue weighted by Gasteiger charge is 2.23. The van der Waals surface area contributed by atoms with Crippen LogP contribution in [0.15, 0.2) is 72.5 Å². The molecule has 0 unspecified atom stereocenters. The fourth-order valence-electron chi connectivity index (χ4n) is 2.70. The van der Waals surface area contributed by atoms with Gasteiger partial charge in [-0.05, 0) is 35.9 Å². The highest BCUT2D eigenvalue weighted by Crippen LogP contribution is 2.25. The lowest BCUT2D eigenvalue weighted by atomic mass is 10.1. The number of carbonyl (C=O) groups excluding carboxylic acids is 1. The number of aromatic carboxylic acids is 1. The standard InChI is InChI=1S/C20H17NO3/c1-21(17-10-8-14(9-11-17)20(23)24)12-4-6-16-13-15-5-2-3-7-18(15)19(16)22/h2-12H,13H2,1H3,(H,23,24)/b12-4+,16-6+. The number of allylic oxidation sites excluding steroid dienone is 3. The molecule has 0 fully saturated rings. The third kappa shape index (κ3) is 3.13. The van der Waals surface area contributed by atoms with Crippen LogP contribution in [0.4, 0.5) is 5.69 Å². The molecule has 0 saturated heterocycles. The molecule has 120 valence electrons. The number of carbonyl (C=O) groups is 2. The van der Waals surface area contributed by atoms with Crippen molar-refractivity contribution in [1.29, 1.82) is 0 Å². The van der Waals surface area contributed by atoms with E-state index in [2.05, 4.69) is 0 Å². The maximum atomic E-state index is 12.3. The fourth-order valence-corrected chi connectivity index (χ4v) is 2.70. The lowest BCUT2D eigenvalue weighted by Crippen LogP contribution is -2.08. The molecular formula is C20H17NO3. The Kier molecular flexibility index (Phi) is 4.29. The SMILES string of the molecule is CN(/C=C/C=C1\Cc2ccccc2C1=O)c1ccc(C(=O)O)cc1. The zero-order valence-electron chi connectivity index (χ0n) is 13.3. The van der Waals surface area contributed by atoms with Gasteiger partial charge in [-0.2, -0.15) is 0 Å². The average molecular weight is 319 g/mol. The molecule has 0 saturated carbocycles. The van der Waals surface area contributed by atoms with Crippen molar-refractivity contribution in [3.05, 3.63) is 89.1 Å². The van der Waals surface area contributed by atoms with Gasteiger partial charge in [-0.3, -0.25) is 4.79 Å². The number of fused-ring (bicyclic) bond motifs is 1. The van der Waals surface area contributed by atoms with E-state index >= 15 is 0 Å². The molecular weight excluding hydrogens is 302 g/mol. The molecule has 0 aliphatic heterocycles. The number of nitrogens with zero attached hydrogens (tertiary/aromatic N) is 1. The third-order valence-corrected chi connectivity index (χ3v) is 4.06. The molecule has 0 amide bonds. The Bertz CT molecular complexity index is 847. The number of benzene rings is 2. The van der Waals surface area contributed by atoms with Gasteiger partial charge in [0, 0.05) is 36.5 Å². The van der Waals surface area contributed by atoms with Crippen LogP contribution in [-0.4, -0.2) is 23.9 Å². The van der Waals surface area contributed by atoms with E-state index in [1.54, 1.807) is 24.3 Å². The van der Waals surface area contributed by atoms with Crippen molar-refractivity contribution in [1.82, 2.24) is 0 Å². The summed E-state index contributed by atoms with van der Waals surface area (Å²) in [6.45, 7) is 0. The van der Waals surface area contributed by atoms with Crippen molar-refractivity contribution in [2.75, 3.05) is 11.9 Å². The van der Waals surface area contributed by atoms with Gasteiger partial charge in [-0.25, -0.2) is 4.79 Å². The van der Waals surface area contributed by atoms with Crippen molar-refractivity contribution in [3.8, 4) is 0 Å². The molecule has 24 heavy (non-hydrogen) atoms. The van der Waals surface area contributed by atoms with Crippen LogP contribution < -0.4 is 4.90 Å². The predicted octanol–water partition coefficient (Wildman–Crippen LogP) is 3.70. The first-order valence-corrected chi connectivity index (χ1v) is 7.62. The first-order chi connectivity index (χ1) is 11.6. The van der Waals surface area contributed by atoms with Crippen molar-refractivity contribution in [2.24, 2.45) is 0 Å². The number of carboxylic acids is 1. The monoisotopic (exact) mass is 319 g/mol. The second-order valence-electron chi connectivity index (χ2n) is 5.66. The first kappa shape index (κ1) is 15.7. The van der Waals surface area contributed by atoms with Crippen molar-refractivity contribution in [3.63, 3.8) is 0 Å². The Morgan fingerprint density at radius 1 is 1.12 bits per heavy atom. The number of ketones is 1. The van der Waals surface area contributed by atoms with E-state index in [1.165, 1.54) is 0 Å². The zero-order valence-corrected chi connectivity index (χ0v) is 13.3. The van der Waals surface area contributed by atoms with Crippen LogP contribution >= 0.6 is 0 Å². The van der Waals surface area contributed by atoms with Crippen LogP contribution in [-0.2, 0) is 6.42 Å². The molecule has 4 heteroatoms. The summed E-state index contributed by atoms with van der Waals surface area (Å²) < 4.78 is 0. The molecule has 0 spiro atoms. The number of hydrogen-bond donors (Lipinski definition) is 1. The molecule has 1 aliphatic carbocycles. The Morgan fingerprint density at radius 2 is 1.83 bits per heavy atom. The number of carboxylic acid groups (broad SMARTS) is 1. The molecule has 1 N–H and O–H groups in total. The molecule has 4 nitrogen and oxygen atoms in total. The maximum absolute atomic E-state index is 12.3. The quantitative estimate of drug-likeness (QED) is 0.873. The first-order valence-electron chi connectivity index (χ1n) is 7.62. The Hall–Kier alpha value is -3.14. The number of rotatable bonds is 4. The molecule has 1 aliphatic rings. The summed E-state index contributed by atoms with van der Waals surface area (Å²) >= 11 is 0. The summed E-state index contributed by atoms with van der Waals surface area (Å²) in [5, 5.41) is 8.91. The third-order valence-electron chi connectivity index (χ3n) is 4.06. The van der Waals surface area contributed by atoms with Gasteiger partial charge in [0.05, 0.1) is 5.56 Å². The van der Waals surface area contributed by atoms with Gasteiger partial charge in [0.2, 0.25) is 0 Å².